The summed E-state index contributed by atoms with van der Waals surface area (Å²) >= 11 is 0. The van der Waals surface area contributed by atoms with Crippen LogP contribution in [0, 0.1) is 0 Å². The summed E-state index contributed by atoms with van der Waals surface area (Å²) in [5.41, 5.74) is 20.5. The predicted octanol–water partition coefficient (Wildman–Crippen LogP) is 15.5. The SMILES string of the molecule is c1ccc2c(c1)-c1cccc3cc4c5c(c13)c1c-2cccc1n5-c1cc(-n2c3ccc5ccccc5c3c3c5ccccc5ccc32)cc2c1B4c1cc3ccccc3c3c4c5ccccc5ccc4n-2c13. The third kappa shape index (κ3) is 4.12. The monoisotopic (exact) mass is 905 g/mol. The van der Waals surface area contributed by atoms with Crippen molar-refractivity contribution in [2.45, 2.75) is 0 Å². The fraction of sp³-hybridized carbons (Fsp3) is 0. The van der Waals surface area contributed by atoms with Crippen LogP contribution in [0.25, 0.3) is 159 Å². The average Bonchev–Trinajstić information content (AvgIpc) is 4.08. The summed E-state index contributed by atoms with van der Waals surface area (Å²) in [5, 5.41) is 20.8. The van der Waals surface area contributed by atoms with Gasteiger partial charge in [-0.3, -0.25) is 0 Å². The third-order valence-electron chi connectivity index (χ3n) is 17.4. The maximum Gasteiger partial charge on any atom is 0.252 e. The molecule has 0 bridgehead atoms. The van der Waals surface area contributed by atoms with Crippen LogP contribution in [0.5, 0.6) is 0 Å². The van der Waals surface area contributed by atoms with E-state index in [1.807, 2.05) is 0 Å². The van der Waals surface area contributed by atoms with E-state index in [1.165, 1.54) is 169 Å². The van der Waals surface area contributed by atoms with Gasteiger partial charge in [0.15, 0.2) is 0 Å². The lowest BCUT2D eigenvalue weighted by Gasteiger charge is -2.35. The molecule has 0 fully saturated rings. The molecule has 1 aliphatic carbocycles. The van der Waals surface area contributed by atoms with Crippen molar-refractivity contribution in [2.75, 3.05) is 0 Å². The Morgan fingerprint density at radius 2 is 0.681 bits per heavy atom. The van der Waals surface area contributed by atoms with Crippen molar-refractivity contribution in [3.63, 3.8) is 0 Å². The van der Waals surface area contributed by atoms with Gasteiger partial charge in [0.05, 0.1) is 38.8 Å². The van der Waals surface area contributed by atoms with E-state index in [1.54, 1.807) is 0 Å². The van der Waals surface area contributed by atoms with Gasteiger partial charge in [-0.25, -0.2) is 0 Å². The Kier molecular flexibility index (Phi) is 6.35. The Bertz CT molecular complexity index is 5200. The van der Waals surface area contributed by atoms with Gasteiger partial charge in [0.2, 0.25) is 0 Å². The summed E-state index contributed by atoms with van der Waals surface area (Å²) in [6.07, 6.45) is 0. The highest BCUT2D eigenvalue weighted by atomic mass is 15.1. The molecule has 0 amide bonds. The molecule has 5 heterocycles. The first kappa shape index (κ1) is 36.6. The molecule has 3 nitrogen and oxygen atoms in total. The van der Waals surface area contributed by atoms with Crippen molar-refractivity contribution in [1.29, 1.82) is 0 Å². The zero-order valence-electron chi connectivity index (χ0n) is 38.7. The molecule has 13 aromatic carbocycles. The summed E-state index contributed by atoms with van der Waals surface area (Å²) in [4.78, 5) is 0. The van der Waals surface area contributed by atoms with Gasteiger partial charge in [-0.05, 0) is 129 Å². The molecule has 0 radical (unpaired) electrons. The Labute approximate surface area is 411 Å². The topological polar surface area (TPSA) is 14.8 Å². The number of hydrogen-bond acceptors (Lipinski definition) is 0. The molecule has 3 aliphatic rings. The predicted molar refractivity (Wildman–Crippen MR) is 306 cm³/mol. The lowest BCUT2D eigenvalue weighted by atomic mass is 9.34. The van der Waals surface area contributed by atoms with Crippen molar-refractivity contribution in [2.24, 2.45) is 0 Å². The summed E-state index contributed by atoms with van der Waals surface area (Å²) < 4.78 is 7.95. The molecule has 0 N–H and O–H groups in total. The largest absolute Gasteiger partial charge is 0.310 e. The van der Waals surface area contributed by atoms with Crippen LogP contribution in [0.2, 0.25) is 0 Å². The molecule has 0 saturated carbocycles. The van der Waals surface area contributed by atoms with Crippen LogP contribution in [0.15, 0.2) is 218 Å². The van der Waals surface area contributed by atoms with Gasteiger partial charge in [0.25, 0.3) is 6.71 Å². The van der Waals surface area contributed by atoms with Crippen molar-refractivity contribution < 1.29 is 0 Å². The van der Waals surface area contributed by atoms with E-state index in [4.69, 9.17) is 0 Å². The maximum absolute atomic E-state index is 2.69. The molecule has 0 unspecified atom stereocenters. The number of aromatic nitrogens is 3. The lowest BCUT2D eigenvalue weighted by Crippen LogP contribution is -2.59. The van der Waals surface area contributed by atoms with Crippen LogP contribution in [-0.2, 0) is 0 Å². The maximum atomic E-state index is 2.69. The van der Waals surface area contributed by atoms with Gasteiger partial charge in [-0.15, -0.1) is 0 Å². The minimum absolute atomic E-state index is 0.0378. The fourth-order valence-electron chi connectivity index (χ4n) is 14.8. The smallest absolute Gasteiger partial charge is 0.252 e. The van der Waals surface area contributed by atoms with Crippen molar-refractivity contribution in [1.82, 2.24) is 13.7 Å². The van der Waals surface area contributed by atoms with E-state index in [-0.39, 0.29) is 6.71 Å². The molecular formula is C68H36BN3. The summed E-state index contributed by atoms with van der Waals surface area (Å²) in [5.74, 6) is 0. The molecule has 2 aliphatic heterocycles. The molecule has 3 aromatic heterocycles. The van der Waals surface area contributed by atoms with Gasteiger partial charge in [0.1, 0.15) is 0 Å². The normalized spacial score (nSPS) is 13.2. The minimum Gasteiger partial charge on any atom is -0.310 e. The molecule has 0 spiro atoms. The Morgan fingerprint density at radius 1 is 0.264 bits per heavy atom. The average molecular weight is 906 g/mol. The van der Waals surface area contributed by atoms with Gasteiger partial charge in [-0.1, -0.05) is 182 Å². The first-order valence-electron chi connectivity index (χ1n) is 25.3. The first-order valence-corrected chi connectivity index (χ1v) is 25.3. The van der Waals surface area contributed by atoms with Crippen molar-refractivity contribution >= 4 is 142 Å². The van der Waals surface area contributed by atoms with E-state index < -0.39 is 0 Å². The van der Waals surface area contributed by atoms with Crippen LogP contribution < -0.4 is 16.4 Å². The number of rotatable bonds is 1. The summed E-state index contributed by atoms with van der Waals surface area (Å²) in [6, 6.07) is 83.5. The van der Waals surface area contributed by atoms with Crippen LogP contribution in [0.3, 0.4) is 0 Å². The van der Waals surface area contributed by atoms with Crippen LogP contribution in [0.1, 0.15) is 0 Å². The van der Waals surface area contributed by atoms with Gasteiger partial charge in [-0.2, -0.15) is 0 Å². The lowest BCUT2D eigenvalue weighted by molar-refractivity contribution is 1.11. The molecule has 4 heteroatoms. The quantitative estimate of drug-likeness (QED) is 0.146. The minimum atomic E-state index is -0.0378. The Balaban J connectivity index is 1.08. The van der Waals surface area contributed by atoms with Crippen molar-refractivity contribution in [3.05, 3.63) is 218 Å². The fourth-order valence-corrected chi connectivity index (χ4v) is 14.8. The van der Waals surface area contributed by atoms with Gasteiger partial charge in [0, 0.05) is 43.7 Å². The second-order valence-corrected chi connectivity index (χ2v) is 20.6. The van der Waals surface area contributed by atoms with Crippen LogP contribution in [0.4, 0.5) is 0 Å². The number of nitrogens with zero attached hydrogens (tertiary/aromatic N) is 3. The molecule has 16 aromatic rings. The second-order valence-electron chi connectivity index (χ2n) is 20.6. The molecule has 72 heavy (non-hydrogen) atoms. The van der Waals surface area contributed by atoms with E-state index in [0.29, 0.717) is 0 Å². The highest BCUT2D eigenvalue weighted by Crippen LogP contribution is 2.52. The van der Waals surface area contributed by atoms with E-state index in [0.717, 1.165) is 5.69 Å². The Hall–Kier alpha value is -9.38. The molecular weight excluding hydrogens is 870 g/mol. The second kappa shape index (κ2) is 12.5. The standard InChI is InChI=1S/C68H36BN3/c1-5-18-43-37(13-1)27-30-54-60(43)61-44-19-6-2-14-38(44)28-31-55(61)70(54)42-35-57-66-58(36-42)72-56-32-29-39-15-3-7-20-45(39)62(56)64-46-21-8-4-16-40(46)33-51(67(64)72)69(66)52-34-41-17-11-24-49-47-22-9-10-23-48(47)50-25-12-26-53-63(50)65(59(41)49)68(52)71(53)57/h1-36H. The van der Waals surface area contributed by atoms with Crippen LogP contribution in [-0.4, -0.2) is 20.4 Å². The third-order valence-corrected chi connectivity index (χ3v) is 17.4. The highest BCUT2D eigenvalue weighted by Gasteiger charge is 2.43. The molecule has 19 rings (SSSR count). The van der Waals surface area contributed by atoms with Gasteiger partial charge < -0.3 is 13.7 Å². The first-order chi connectivity index (χ1) is 35.8. The Morgan fingerprint density at radius 3 is 1.28 bits per heavy atom. The van der Waals surface area contributed by atoms with Crippen LogP contribution >= 0.6 is 0 Å². The molecule has 0 saturated heterocycles. The van der Waals surface area contributed by atoms with E-state index in [2.05, 4.69) is 232 Å². The molecule has 326 valence electrons. The number of benzene rings is 13. The number of hydrogen-bond donors (Lipinski definition) is 0. The van der Waals surface area contributed by atoms with Crippen molar-refractivity contribution in [3.8, 4) is 39.3 Å². The van der Waals surface area contributed by atoms with Gasteiger partial charge >= 0.3 is 0 Å². The summed E-state index contributed by atoms with van der Waals surface area (Å²) in [7, 11) is 0. The molecule has 0 atom stereocenters. The van der Waals surface area contributed by atoms with E-state index in [9.17, 15) is 0 Å². The zero-order valence-corrected chi connectivity index (χ0v) is 38.7. The number of fused-ring (bicyclic) bond motifs is 22. The highest BCUT2D eigenvalue weighted by molar-refractivity contribution is 7.00. The zero-order chi connectivity index (χ0) is 46.2. The van der Waals surface area contributed by atoms with E-state index >= 15 is 0 Å². The summed E-state index contributed by atoms with van der Waals surface area (Å²) in [6.45, 7) is -0.0378.